The molecule has 0 spiro atoms. The lowest BCUT2D eigenvalue weighted by atomic mass is 9.93. The van der Waals surface area contributed by atoms with Crippen LogP contribution in [0.25, 0.3) is 0 Å². The minimum Gasteiger partial charge on any atom is -0.497 e. The van der Waals surface area contributed by atoms with Gasteiger partial charge in [-0.15, -0.1) is 0 Å². The highest BCUT2D eigenvalue weighted by atomic mass is 16.5. The molecule has 4 rings (SSSR count). The Morgan fingerprint density at radius 2 is 1.96 bits per heavy atom. The molecule has 4 heteroatoms. The second kappa shape index (κ2) is 6.16. The third-order valence-electron chi connectivity index (χ3n) is 6.09. The van der Waals surface area contributed by atoms with E-state index < -0.39 is 0 Å². The Kier molecular flexibility index (Phi) is 4.02. The summed E-state index contributed by atoms with van der Waals surface area (Å²) in [6.07, 6.45) is 5.73. The van der Waals surface area contributed by atoms with Gasteiger partial charge >= 0.3 is 0 Å². The Hall–Kier alpha value is -1.55. The number of hydrogen-bond acceptors (Lipinski definition) is 3. The van der Waals surface area contributed by atoms with Gasteiger partial charge in [-0.2, -0.15) is 0 Å². The Morgan fingerprint density at radius 1 is 1.13 bits per heavy atom. The first-order chi connectivity index (χ1) is 11.2. The summed E-state index contributed by atoms with van der Waals surface area (Å²) in [5.74, 6) is 2.80. The van der Waals surface area contributed by atoms with Crippen LogP contribution in [0, 0.1) is 11.8 Å². The van der Waals surface area contributed by atoms with Crippen molar-refractivity contribution < 1.29 is 9.53 Å². The van der Waals surface area contributed by atoms with Gasteiger partial charge in [-0.05, 0) is 49.3 Å². The Bertz CT molecular complexity index is 580. The van der Waals surface area contributed by atoms with E-state index in [2.05, 4.69) is 4.90 Å². The molecule has 1 heterocycles. The van der Waals surface area contributed by atoms with Gasteiger partial charge in [0.15, 0.2) is 0 Å². The van der Waals surface area contributed by atoms with Crippen LogP contribution in [-0.2, 0) is 0 Å². The molecule has 1 aromatic carbocycles. The summed E-state index contributed by atoms with van der Waals surface area (Å²) < 4.78 is 5.23. The number of benzene rings is 1. The average Bonchev–Trinajstić information content (AvgIpc) is 3.24. The predicted molar refractivity (Wildman–Crippen MR) is 89.7 cm³/mol. The lowest BCUT2D eigenvalue weighted by Gasteiger charge is -2.41. The van der Waals surface area contributed by atoms with E-state index in [-0.39, 0.29) is 5.91 Å². The molecule has 2 saturated carbocycles. The van der Waals surface area contributed by atoms with Crippen LogP contribution in [0.5, 0.6) is 5.75 Å². The molecule has 0 unspecified atom stereocenters. The van der Waals surface area contributed by atoms with E-state index in [9.17, 15) is 4.79 Å². The number of carbonyl (C=O) groups excluding carboxylic acids is 1. The lowest BCUT2D eigenvalue weighted by molar-refractivity contribution is 0.0495. The van der Waals surface area contributed by atoms with Crippen molar-refractivity contribution in [3.8, 4) is 5.75 Å². The second-order valence-corrected chi connectivity index (χ2v) is 7.30. The maximum Gasteiger partial charge on any atom is 0.254 e. The zero-order valence-electron chi connectivity index (χ0n) is 13.9. The van der Waals surface area contributed by atoms with E-state index in [0.29, 0.717) is 0 Å². The first-order valence-electron chi connectivity index (χ1n) is 8.92. The smallest absolute Gasteiger partial charge is 0.254 e. The predicted octanol–water partition coefficient (Wildman–Crippen LogP) is 2.64. The first kappa shape index (κ1) is 15.0. The van der Waals surface area contributed by atoms with Crippen LogP contribution in [0.4, 0.5) is 0 Å². The van der Waals surface area contributed by atoms with Gasteiger partial charge < -0.3 is 9.64 Å². The zero-order valence-corrected chi connectivity index (χ0v) is 13.9. The fourth-order valence-corrected chi connectivity index (χ4v) is 4.85. The number of carbonyl (C=O) groups is 1. The van der Waals surface area contributed by atoms with Crippen molar-refractivity contribution in [3.05, 3.63) is 29.8 Å². The highest BCUT2D eigenvalue weighted by molar-refractivity contribution is 5.94. The van der Waals surface area contributed by atoms with Gasteiger partial charge in [0.1, 0.15) is 5.75 Å². The third-order valence-corrected chi connectivity index (χ3v) is 6.09. The molecular formula is C19H26N2O2. The van der Waals surface area contributed by atoms with Gasteiger partial charge in [0.05, 0.1) is 7.11 Å². The molecule has 124 valence electrons. The van der Waals surface area contributed by atoms with E-state index in [0.717, 1.165) is 55.4 Å². The number of methoxy groups -OCH3 is 1. The summed E-state index contributed by atoms with van der Waals surface area (Å²) in [5, 5.41) is 0. The van der Waals surface area contributed by atoms with Gasteiger partial charge in [0.2, 0.25) is 0 Å². The maximum atomic E-state index is 12.7. The van der Waals surface area contributed by atoms with E-state index in [1.807, 2.05) is 29.2 Å². The molecule has 3 fully saturated rings. The molecule has 1 aromatic rings. The molecule has 0 aromatic heterocycles. The van der Waals surface area contributed by atoms with Crippen molar-refractivity contribution in [2.45, 2.75) is 31.7 Å². The molecule has 1 amide bonds. The maximum absolute atomic E-state index is 12.7. The first-order valence-corrected chi connectivity index (χ1v) is 8.92. The molecule has 2 aliphatic carbocycles. The van der Waals surface area contributed by atoms with Crippen LogP contribution in [0.15, 0.2) is 24.3 Å². The van der Waals surface area contributed by atoms with Crippen molar-refractivity contribution in [2.75, 3.05) is 33.3 Å². The SMILES string of the molecule is COc1cccc(C(=O)N2CCN([C@@H]3C[C@@H]4CC[C@@H]3C4)CC2)c1. The quantitative estimate of drug-likeness (QED) is 0.860. The highest BCUT2D eigenvalue weighted by Crippen LogP contribution is 2.46. The monoisotopic (exact) mass is 314 g/mol. The number of fused-ring (bicyclic) bond motifs is 2. The lowest BCUT2D eigenvalue weighted by Crippen LogP contribution is -2.53. The van der Waals surface area contributed by atoms with Gasteiger partial charge in [-0.1, -0.05) is 12.5 Å². The van der Waals surface area contributed by atoms with E-state index >= 15 is 0 Å². The van der Waals surface area contributed by atoms with Crippen molar-refractivity contribution >= 4 is 5.91 Å². The van der Waals surface area contributed by atoms with Crippen LogP contribution in [0.3, 0.4) is 0 Å². The van der Waals surface area contributed by atoms with E-state index in [1.54, 1.807) is 7.11 Å². The number of amides is 1. The summed E-state index contributed by atoms with van der Waals surface area (Å²) in [5.41, 5.74) is 0.734. The summed E-state index contributed by atoms with van der Waals surface area (Å²) in [7, 11) is 1.64. The molecule has 0 N–H and O–H groups in total. The molecule has 1 aliphatic heterocycles. The Morgan fingerprint density at radius 3 is 2.61 bits per heavy atom. The van der Waals surface area contributed by atoms with Crippen molar-refractivity contribution in [1.82, 2.24) is 9.80 Å². The van der Waals surface area contributed by atoms with Crippen molar-refractivity contribution in [3.63, 3.8) is 0 Å². The molecule has 1 saturated heterocycles. The number of hydrogen-bond donors (Lipinski definition) is 0. The summed E-state index contributed by atoms with van der Waals surface area (Å²) in [4.78, 5) is 17.3. The van der Waals surface area contributed by atoms with Crippen LogP contribution in [0.1, 0.15) is 36.0 Å². The minimum atomic E-state index is 0.136. The highest BCUT2D eigenvalue weighted by Gasteiger charge is 2.42. The fraction of sp³-hybridized carbons (Fsp3) is 0.632. The number of piperazine rings is 1. The number of ether oxygens (including phenoxy) is 1. The van der Waals surface area contributed by atoms with E-state index in [1.165, 1.54) is 25.7 Å². The summed E-state index contributed by atoms with van der Waals surface area (Å²) >= 11 is 0. The van der Waals surface area contributed by atoms with Gasteiger partial charge in [0, 0.05) is 37.8 Å². The van der Waals surface area contributed by atoms with Gasteiger partial charge in [0.25, 0.3) is 5.91 Å². The number of nitrogens with zero attached hydrogens (tertiary/aromatic N) is 2. The molecule has 3 aliphatic rings. The van der Waals surface area contributed by atoms with Gasteiger partial charge in [-0.3, -0.25) is 9.69 Å². The van der Waals surface area contributed by atoms with Crippen LogP contribution >= 0.6 is 0 Å². The average molecular weight is 314 g/mol. The van der Waals surface area contributed by atoms with Crippen LogP contribution in [-0.4, -0.2) is 55.0 Å². The molecule has 3 atom stereocenters. The zero-order chi connectivity index (χ0) is 15.8. The van der Waals surface area contributed by atoms with Gasteiger partial charge in [-0.25, -0.2) is 0 Å². The van der Waals surface area contributed by atoms with E-state index in [4.69, 9.17) is 4.74 Å². The van der Waals surface area contributed by atoms with Crippen LogP contribution in [0.2, 0.25) is 0 Å². The molecule has 2 bridgehead atoms. The molecule has 4 nitrogen and oxygen atoms in total. The largest absolute Gasteiger partial charge is 0.497 e. The normalized spacial score (nSPS) is 30.7. The standard InChI is InChI=1S/C19H26N2O2/c1-23-17-4-2-3-16(13-17)19(22)21-9-7-20(8-10-21)18-12-14-5-6-15(18)11-14/h2-4,13-15,18H,5-12H2,1H3/t14-,15-,18-/m1/s1. The summed E-state index contributed by atoms with van der Waals surface area (Å²) in [6.45, 7) is 3.76. The third kappa shape index (κ3) is 2.85. The Labute approximate surface area is 138 Å². The van der Waals surface area contributed by atoms with Crippen molar-refractivity contribution in [2.24, 2.45) is 11.8 Å². The summed E-state index contributed by atoms with van der Waals surface area (Å²) in [6, 6.07) is 8.28. The van der Waals surface area contributed by atoms with Crippen LogP contribution < -0.4 is 4.74 Å². The second-order valence-electron chi connectivity index (χ2n) is 7.30. The number of rotatable bonds is 3. The fourth-order valence-electron chi connectivity index (χ4n) is 4.85. The molecule has 0 radical (unpaired) electrons. The van der Waals surface area contributed by atoms with Crippen molar-refractivity contribution in [1.29, 1.82) is 0 Å². The molecule has 23 heavy (non-hydrogen) atoms. The minimum absolute atomic E-state index is 0.136. The molecular weight excluding hydrogens is 288 g/mol. The topological polar surface area (TPSA) is 32.8 Å². The Balaban J connectivity index is 1.36.